The summed E-state index contributed by atoms with van der Waals surface area (Å²) in [5.41, 5.74) is 3.46. The molecule has 2 aromatic carbocycles. The largest absolute Gasteiger partial charge is 0.479 e. The lowest BCUT2D eigenvalue weighted by atomic mass is 9.97. The molecule has 0 fully saturated rings. The monoisotopic (exact) mass is 242 g/mol. The van der Waals surface area contributed by atoms with Crippen LogP contribution in [-0.4, -0.2) is 16.2 Å². The quantitative estimate of drug-likeness (QED) is 0.870. The van der Waals surface area contributed by atoms with Crippen molar-refractivity contribution in [3.63, 3.8) is 0 Å². The topological polar surface area (TPSA) is 57.5 Å². The second-order valence-electron chi connectivity index (χ2n) is 4.18. The number of rotatable bonds is 3. The van der Waals surface area contributed by atoms with Crippen LogP contribution in [0, 0.1) is 6.92 Å². The van der Waals surface area contributed by atoms with Crippen molar-refractivity contribution in [2.45, 2.75) is 13.0 Å². The maximum atomic E-state index is 10.7. The van der Waals surface area contributed by atoms with Crippen molar-refractivity contribution < 1.29 is 15.0 Å². The average Bonchev–Trinajstić information content (AvgIpc) is 2.38. The van der Waals surface area contributed by atoms with Crippen molar-refractivity contribution in [2.75, 3.05) is 0 Å². The molecule has 2 rings (SSSR count). The number of hydrogen-bond donors (Lipinski definition) is 2. The summed E-state index contributed by atoms with van der Waals surface area (Å²) in [6, 6.07) is 15.0. The van der Waals surface area contributed by atoms with Crippen LogP contribution in [0.15, 0.2) is 48.5 Å². The van der Waals surface area contributed by atoms with Gasteiger partial charge in [-0.25, -0.2) is 4.79 Å². The fourth-order valence-corrected chi connectivity index (χ4v) is 1.94. The second-order valence-corrected chi connectivity index (χ2v) is 4.18. The summed E-state index contributed by atoms with van der Waals surface area (Å²) in [7, 11) is 0. The molecule has 0 bridgehead atoms. The minimum absolute atomic E-state index is 0.402. The number of aliphatic hydroxyl groups is 1. The number of benzene rings is 2. The number of carboxylic acid groups (broad SMARTS) is 1. The maximum Gasteiger partial charge on any atom is 0.337 e. The van der Waals surface area contributed by atoms with Gasteiger partial charge in [0.1, 0.15) is 0 Å². The van der Waals surface area contributed by atoms with E-state index in [0.717, 1.165) is 16.7 Å². The van der Waals surface area contributed by atoms with Crippen molar-refractivity contribution in [3.05, 3.63) is 59.7 Å². The summed E-state index contributed by atoms with van der Waals surface area (Å²) in [6.07, 6.45) is -1.46. The Hall–Kier alpha value is -2.13. The zero-order valence-electron chi connectivity index (χ0n) is 10.00. The Bertz CT molecular complexity index is 561. The lowest BCUT2D eigenvalue weighted by Gasteiger charge is -2.10. The predicted molar refractivity (Wildman–Crippen MR) is 69.2 cm³/mol. The Morgan fingerprint density at radius 2 is 1.78 bits per heavy atom. The van der Waals surface area contributed by atoms with E-state index in [-0.39, 0.29) is 0 Å². The van der Waals surface area contributed by atoms with E-state index in [1.165, 1.54) is 0 Å². The Morgan fingerprint density at radius 3 is 2.33 bits per heavy atom. The van der Waals surface area contributed by atoms with Crippen LogP contribution in [0.3, 0.4) is 0 Å². The first-order valence-corrected chi connectivity index (χ1v) is 5.66. The molecule has 3 heteroatoms. The number of aliphatic carboxylic acids is 1. The van der Waals surface area contributed by atoms with E-state index in [1.807, 2.05) is 43.3 Å². The molecule has 0 spiro atoms. The van der Waals surface area contributed by atoms with E-state index >= 15 is 0 Å². The van der Waals surface area contributed by atoms with Crippen LogP contribution in [0.5, 0.6) is 0 Å². The third-order valence-corrected chi connectivity index (χ3v) is 2.88. The zero-order chi connectivity index (χ0) is 13.1. The smallest absolute Gasteiger partial charge is 0.337 e. The summed E-state index contributed by atoms with van der Waals surface area (Å²) in [6.45, 7) is 1.90. The van der Waals surface area contributed by atoms with Crippen molar-refractivity contribution in [2.24, 2.45) is 0 Å². The number of hydrogen-bond acceptors (Lipinski definition) is 2. The van der Waals surface area contributed by atoms with Crippen LogP contribution in [0.2, 0.25) is 0 Å². The van der Waals surface area contributed by atoms with Crippen LogP contribution in [-0.2, 0) is 4.79 Å². The highest BCUT2D eigenvalue weighted by Gasteiger charge is 2.16. The van der Waals surface area contributed by atoms with Gasteiger partial charge in [0.15, 0.2) is 6.10 Å². The molecule has 1 atom stereocenters. The minimum atomic E-state index is -1.46. The second kappa shape index (κ2) is 5.02. The normalized spacial score (nSPS) is 12.1. The van der Waals surface area contributed by atoms with Crippen molar-refractivity contribution in [1.29, 1.82) is 0 Å². The number of aliphatic hydroxyl groups excluding tert-OH is 1. The van der Waals surface area contributed by atoms with Gasteiger partial charge in [-0.3, -0.25) is 0 Å². The molecular weight excluding hydrogens is 228 g/mol. The number of aryl methyl sites for hydroxylation is 1. The summed E-state index contributed by atoms with van der Waals surface area (Å²) in [5, 5.41) is 18.2. The van der Waals surface area contributed by atoms with Crippen LogP contribution in [0.25, 0.3) is 11.1 Å². The first-order valence-electron chi connectivity index (χ1n) is 5.66. The highest BCUT2D eigenvalue weighted by Crippen LogP contribution is 2.26. The predicted octanol–water partition coefficient (Wildman–Crippen LogP) is 2.78. The van der Waals surface area contributed by atoms with Gasteiger partial charge in [0.05, 0.1) is 0 Å². The number of carbonyl (C=O) groups is 1. The Kier molecular flexibility index (Phi) is 3.44. The van der Waals surface area contributed by atoms with Crippen LogP contribution in [0.1, 0.15) is 17.2 Å². The standard InChI is InChI=1S/C15H14O3/c1-10-9-12(14(16)15(17)18)7-8-13(10)11-5-3-2-4-6-11/h2-9,14,16H,1H3,(H,17,18). The molecule has 0 aliphatic heterocycles. The minimum Gasteiger partial charge on any atom is -0.479 e. The lowest BCUT2D eigenvalue weighted by Crippen LogP contribution is -2.10. The van der Waals surface area contributed by atoms with Gasteiger partial charge < -0.3 is 10.2 Å². The summed E-state index contributed by atoms with van der Waals surface area (Å²) >= 11 is 0. The molecule has 0 heterocycles. The summed E-state index contributed by atoms with van der Waals surface area (Å²) in [4.78, 5) is 10.7. The van der Waals surface area contributed by atoms with Crippen LogP contribution in [0.4, 0.5) is 0 Å². The molecule has 1 unspecified atom stereocenters. The molecule has 92 valence electrons. The third kappa shape index (κ3) is 2.41. The summed E-state index contributed by atoms with van der Waals surface area (Å²) in [5.74, 6) is -1.23. The van der Waals surface area contributed by atoms with Gasteiger partial charge in [-0.05, 0) is 29.2 Å². The molecule has 3 nitrogen and oxygen atoms in total. The first-order chi connectivity index (χ1) is 8.59. The SMILES string of the molecule is Cc1cc(C(O)C(=O)O)ccc1-c1ccccc1. The Morgan fingerprint density at radius 1 is 1.11 bits per heavy atom. The molecule has 0 amide bonds. The van der Waals surface area contributed by atoms with Gasteiger partial charge in [0.25, 0.3) is 0 Å². The van der Waals surface area contributed by atoms with Crippen molar-refractivity contribution in [1.82, 2.24) is 0 Å². The molecule has 0 saturated heterocycles. The lowest BCUT2D eigenvalue weighted by molar-refractivity contribution is -0.146. The van der Waals surface area contributed by atoms with E-state index in [4.69, 9.17) is 5.11 Å². The van der Waals surface area contributed by atoms with Gasteiger partial charge in [0, 0.05) is 0 Å². The Labute approximate surface area is 105 Å². The van der Waals surface area contributed by atoms with Gasteiger partial charge in [-0.2, -0.15) is 0 Å². The van der Waals surface area contributed by atoms with Gasteiger partial charge >= 0.3 is 5.97 Å². The molecule has 0 aliphatic carbocycles. The highest BCUT2D eigenvalue weighted by atomic mass is 16.4. The molecule has 0 aromatic heterocycles. The number of carboxylic acids is 1. The van der Waals surface area contributed by atoms with Gasteiger partial charge in [0.2, 0.25) is 0 Å². The molecule has 2 N–H and O–H groups in total. The van der Waals surface area contributed by atoms with E-state index in [2.05, 4.69) is 0 Å². The van der Waals surface area contributed by atoms with E-state index in [1.54, 1.807) is 12.1 Å². The molecule has 0 aliphatic rings. The fraction of sp³-hybridized carbons (Fsp3) is 0.133. The average molecular weight is 242 g/mol. The molecule has 0 saturated carbocycles. The molecule has 2 aromatic rings. The van der Waals surface area contributed by atoms with Crippen molar-refractivity contribution in [3.8, 4) is 11.1 Å². The molecule has 18 heavy (non-hydrogen) atoms. The van der Waals surface area contributed by atoms with E-state index in [9.17, 15) is 9.90 Å². The summed E-state index contributed by atoms with van der Waals surface area (Å²) < 4.78 is 0. The van der Waals surface area contributed by atoms with Gasteiger partial charge in [-0.15, -0.1) is 0 Å². The molecular formula is C15H14O3. The highest BCUT2D eigenvalue weighted by molar-refractivity contribution is 5.75. The Balaban J connectivity index is 2.40. The maximum absolute atomic E-state index is 10.7. The fourth-order valence-electron chi connectivity index (χ4n) is 1.94. The van der Waals surface area contributed by atoms with E-state index < -0.39 is 12.1 Å². The van der Waals surface area contributed by atoms with Crippen LogP contribution < -0.4 is 0 Å². The van der Waals surface area contributed by atoms with Crippen LogP contribution >= 0.6 is 0 Å². The van der Waals surface area contributed by atoms with Gasteiger partial charge in [-0.1, -0.05) is 48.5 Å². The van der Waals surface area contributed by atoms with E-state index in [0.29, 0.717) is 5.56 Å². The van der Waals surface area contributed by atoms with Crippen molar-refractivity contribution >= 4 is 5.97 Å². The zero-order valence-corrected chi connectivity index (χ0v) is 10.00. The first kappa shape index (κ1) is 12.3. The third-order valence-electron chi connectivity index (χ3n) is 2.88. The molecule has 0 radical (unpaired) electrons.